The van der Waals surface area contributed by atoms with E-state index in [9.17, 15) is 9.59 Å². The number of hydrogen-bond donors (Lipinski definition) is 2. The smallest absolute Gasteiger partial charge is 0.307 e. The molecular weight excluding hydrogens is 608 g/mol. The Kier molecular flexibility index (Phi) is 23.1. The zero-order chi connectivity index (χ0) is 33.1. The summed E-state index contributed by atoms with van der Waals surface area (Å²) in [4.78, 5) is 23.7. The molecule has 0 rings (SSSR count). The predicted molar refractivity (Wildman–Crippen MR) is 186 cm³/mol. The molecule has 0 unspecified atom stereocenters. The van der Waals surface area contributed by atoms with Crippen molar-refractivity contribution >= 4 is 44.0 Å². The fourth-order valence-corrected chi connectivity index (χ4v) is 16.9. The second-order valence-electron chi connectivity index (χ2n) is 12.7. The van der Waals surface area contributed by atoms with Crippen LogP contribution in [0.25, 0.3) is 0 Å². The van der Waals surface area contributed by atoms with E-state index in [0.717, 1.165) is 16.6 Å². The van der Waals surface area contributed by atoms with Crippen LogP contribution in [0.15, 0.2) is 0 Å². The number of carbonyl (C=O) groups is 2. The first-order valence-electron chi connectivity index (χ1n) is 14.7. The van der Waals surface area contributed by atoms with Crippen LogP contribution in [0.2, 0.25) is 33.2 Å². The van der Waals surface area contributed by atoms with Crippen molar-refractivity contribution in [2.24, 2.45) is 11.8 Å². The summed E-state index contributed by atoms with van der Waals surface area (Å²) in [7, 11) is -3.14. The van der Waals surface area contributed by atoms with Gasteiger partial charge in [0.2, 0.25) is 0 Å². The first kappa shape index (κ1) is 43.5. The van der Waals surface area contributed by atoms with Crippen molar-refractivity contribution in [3.8, 4) is 46.0 Å². The Labute approximate surface area is 263 Å². The minimum Gasteiger partial charge on any atom is -0.481 e. The third-order valence-corrected chi connectivity index (χ3v) is 21.2. The van der Waals surface area contributed by atoms with Crippen molar-refractivity contribution in [2.75, 3.05) is 0 Å². The van der Waals surface area contributed by atoms with E-state index in [1.165, 1.54) is 0 Å². The molecule has 4 nitrogen and oxygen atoms in total. The molecule has 0 aromatic carbocycles. The quantitative estimate of drug-likeness (QED) is 0.180. The Hall–Kier alpha value is -1.91. The first-order chi connectivity index (χ1) is 18.7. The van der Waals surface area contributed by atoms with Crippen molar-refractivity contribution in [3.05, 3.63) is 0 Å². The Morgan fingerprint density at radius 2 is 0.927 bits per heavy atom. The van der Waals surface area contributed by atoms with Crippen molar-refractivity contribution in [1.82, 2.24) is 0 Å². The zero-order valence-corrected chi connectivity index (χ0v) is 31.8. The van der Waals surface area contributed by atoms with Gasteiger partial charge in [-0.15, -0.1) is 23.4 Å². The minimum absolute atomic E-state index is 0.315. The molecule has 0 aliphatic heterocycles. The van der Waals surface area contributed by atoms with Crippen LogP contribution in [-0.2, 0) is 9.59 Å². The molecule has 0 aromatic heterocycles. The molecular formula is C34H57BrO4Si2. The number of hydrogen-bond acceptors (Lipinski definition) is 2. The van der Waals surface area contributed by atoms with Crippen LogP contribution in [0.3, 0.4) is 0 Å². The molecule has 2 N–H and O–H groups in total. The molecule has 0 saturated carbocycles. The van der Waals surface area contributed by atoms with Crippen molar-refractivity contribution in [2.45, 2.75) is 143 Å². The lowest BCUT2D eigenvalue weighted by atomic mass is 10.1. The number of carboxylic acids is 2. The Morgan fingerprint density at radius 1 is 0.610 bits per heavy atom. The van der Waals surface area contributed by atoms with Gasteiger partial charge in [-0.1, -0.05) is 103 Å². The lowest BCUT2D eigenvalue weighted by Gasteiger charge is -2.37. The molecule has 0 aromatic rings. The fraction of sp³-hybridized carbons (Fsp3) is 0.706. The summed E-state index contributed by atoms with van der Waals surface area (Å²) in [6.45, 7) is 30.8. The molecule has 0 fully saturated rings. The summed E-state index contributed by atoms with van der Waals surface area (Å²) in [6.07, 6.45) is 5.53. The van der Waals surface area contributed by atoms with Gasteiger partial charge in [-0.3, -0.25) is 9.59 Å². The minimum atomic E-state index is -1.71. The largest absolute Gasteiger partial charge is 0.481 e. The van der Waals surface area contributed by atoms with E-state index in [4.69, 9.17) is 16.6 Å². The number of terminal acetylenes is 1. The lowest BCUT2D eigenvalue weighted by Crippen LogP contribution is -2.43. The number of aliphatic carboxylic acids is 2. The third kappa shape index (κ3) is 14.7. The van der Waals surface area contributed by atoms with E-state index in [1.54, 1.807) is 13.8 Å². The summed E-state index contributed by atoms with van der Waals surface area (Å²) < 4.78 is 0. The van der Waals surface area contributed by atoms with Gasteiger partial charge in [-0.25, -0.2) is 0 Å². The average molecular weight is 666 g/mol. The number of rotatable bonds is 10. The number of halogens is 1. The average Bonchev–Trinajstić information content (AvgIpc) is 2.83. The Morgan fingerprint density at radius 3 is 1.15 bits per heavy atom. The van der Waals surface area contributed by atoms with Gasteiger partial charge in [-0.2, -0.15) is 0 Å². The first-order valence-corrected chi connectivity index (χ1v) is 20.0. The second-order valence-corrected chi connectivity index (χ2v) is 24.2. The summed E-state index contributed by atoms with van der Waals surface area (Å²) in [5, 5.41) is 17.0. The van der Waals surface area contributed by atoms with Crippen molar-refractivity contribution < 1.29 is 19.8 Å². The fourth-order valence-electron chi connectivity index (χ4n) is 5.69. The van der Waals surface area contributed by atoms with E-state index < -0.39 is 39.9 Å². The maximum atomic E-state index is 10.7. The molecule has 0 aliphatic rings. The van der Waals surface area contributed by atoms with Crippen LogP contribution < -0.4 is 0 Å². The summed E-state index contributed by atoms with van der Waals surface area (Å²) >= 11 is 3.26. The highest BCUT2D eigenvalue weighted by molar-refractivity contribution is 9.12. The number of carboxylic acid groups (broad SMARTS) is 2. The van der Waals surface area contributed by atoms with E-state index in [-0.39, 0.29) is 0 Å². The normalized spacial score (nSPS) is 12.4. The molecule has 0 aliphatic carbocycles. The third-order valence-electron chi connectivity index (χ3n) is 8.10. The summed E-state index contributed by atoms with van der Waals surface area (Å²) in [6, 6.07) is 0. The van der Waals surface area contributed by atoms with Crippen LogP contribution in [0, 0.1) is 57.9 Å². The van der Waals surface area contributed by atoms with E-state index in [0.29, 0.717) is 29.5 Å². The van der Waals surface area contributed by atoms with Gasteiger partial charge in [0, 0.05) is 28.8 Å². The van der Waals surface area contributed by atoms with Gasteiger partial charge in [0.25, 0.3) is 0 Å². The van der Waals surface area contributed by atoms with Crippen LogP contribution in [-0.4, -0.2) is 38.3 Å². The molecule has 232 valence electrons. The molecule has 7 heteroatoms. The Bertz CT molecular complexity index is 975. The van der Waals surface area contributed by atoms with Crippen LogP contribution in [0.1, 0.15) is 110 Å². The molecule has 0 radical (unpaired) electrons. The standard InChI is InChI=1S/C17H28O2Si.C11H21BrSi.C6H8O2/c1-13(2)20(14(3)4,15(5)6)12-10-8-9-11-16(7)17(18)19;1-9(2)13(8-7-12,10(3)4)11(5)6;1-3-4-5(2)6(7)8/h13-16H,11H2,1-7H3,(H,18,19);9-11H,1-6H3;1,5H,4H2,2H3,(H,7,8)/t16-;;5-/m0.0/s1. The maximum absolute atomic E-state index is 10.7. The van der Waals surface area contributed by atoms with Gasteiger partial charge < -0.3 is 10.2 Å². The molecule has 0 spiro atoms. The lowest BCUT2D eigenvalue weighted by molar-refractivity contribution is -0.141. The summed E-state index contributed by atoms with van der Waals surface area (Å²) in [5.41, 5.74) is 11.0. The molecule has 2 atom stereocenters. The Balaban J connectivity index is -0.000000587. The SMILES string of the molecule is C#CC[C@H](C)C(=O)O.CC(C)[Si](C#CBr)(C(C)C)C(C)C.CC(C)[Si](C#CC#CC[C@H](C)C(=O)O)(C(C)C)C(C)C. The molecule has 0 saturated heterocycles. The van der Waals surface area contributed by atoms with E-state index in [1.807, 2.05) is 0 Å². The van der Waals surface area contributed by atoms with Crippen LogP contribution in [0.5, 0.6) is 0 Å². The van der Waals surface area contributed by atoms with E-state index in [2.05, 4.69) is 139 Å². The monoisotopic (exact) mass is 664 g/mol. The van der Waals surface area contributed by atoms with Gasteiger partial charge in [0.1, 0.15) is 16.1 Å². The van der Waals surface area contributed by atoms with Crippen molar-refractivity contribution in [1.29, 1.82) is 0 Å². The molecule has 41 heavy (non-hydrogen) atoms. The second kappa shape index (κ2) is 21.7. The van der Waals surface area contributed by atoms with Gasteiger partial charge in [0.05, 0.1) is 11.8 Å². The van der Waals surface area contributed by atoms with Gasteiger partial charge in [0.15, 0.2) is 0 Å². The maximum Gasteiger partial charge on any atom is 0.307 e. The molecule has 0 amide bonds. The molecule has 0 heterocycles. The summed E-state index contributed by atoms with van der Waals surface area (Å²) in [5.74, 6) is 8.55. The van der Waals surface area contributed by atoms with E-state index >= 15 is 0 Å². The van der Waals surface area contributed by atoms with Gasteiger partial charge in [-0.05, 0) is 49.9 Å². The van der Waals surface area contributed by atoms with Crippen LogP contribution >= 0.6 is 15.9 Å². The highest BCUT2D eigenvalue weighted by Gasteiger charge is 2.42. The van der Waals surface area contributed by atoms with Crippen molar-refractivity contribution in [3.63, 3.8) is 0 Å². The van der Waals surface area contributed by atoms with Gasteiger partial charge >= 0.3 is 11.9 Å². The zero-order valence-electron chi connectivity index (χ0n) is 28.2. The predicted octanol–water partition coefficient (Wildman–Crippen LogP) is 9.61. The molecule has 0 bridgehead atoms. The van der Waals surface area contributed by atoms with Crippen LogP contribution in [0.4, 0.5) is 0 Å². The highest BCUT2D eigenvalue weighted by atomic mass is 79.9. The highest BCUT2D eigenvalue weighted by Crippen LogP contribution is 2.41. The topological polar surface area (TPSA) is 74.6 Å².